The molecule has 1 fully saturated rings. The van der Waals surface area contributed by atoms with Gasteiger partial charge in [0.05, 0.1) is 6.54 Å². The van der Waals surface area contributed by atoms with Crippen LogP contribution >= 0.6 is 12.4 Å². The molecule has 1 aliphatic rings. The van der Waals surface area contributed by atoms with Gasteiger partial charge in [0, 0.05) is 18.6 Å². The van der Waals surface area contributed by atoms with Crippen LogP contribution in [0.4, 0.5) is 0 Å². The van der Waals surface area contributed by atoms with Crippen molar-refractivity contribution in [2.45, 2.75) is 59.0 Å². The molecule has 2 N–H and O–H groups in total. The molecule has 0 aromatic carbocycles. The Balaban J connectivity index is 0.00000361. The monoisotopic (exact) mass is 305 g/mol. The molecule has 1 rings (SSSR count). The molecule has 0 aliphatic carbocycles. The maximum absolute atomic E-state index is 12.4. The van der Waals surface area contributed by atoms with Gasteiger partial charge in [0.2, 0.25) is 5.91 Å². The van der Waals surface area contributed by atoms with E-state index in [0.29, 0.717) is 12.5 Å². The zero-order valence-electron chi connectivity index (χ0n) is 13.5. The first-order valence-electron chi connectivity index (χ1n) is 7.69. The molecule has 1 amide bonds. The first kappa shape index (κ1) is 19.7. The Hall–Kier alpha value is -0.320. The quantitative estimate of drug-likeness (QED) is 0.818. The van der Waals surface area contributed by atoms with Gasteiger partial charge in [0.1, 0.15) is 0 Å². The summed E-state index contributed by atoms with van der Waals surface area (Å²) < 4.78 is 0. The summed E-state index contributed by atoms with van der Waals surface area (Å²) in [4.78, 5) is 16.7. The number of hydrogen-bond acceptors (Lipinski definition) is 3. The van der Waals surface area contributed by atoms with E-state index < -0.39 is 0 Å². The van der Waals surface area contributed by atoms with E-state index >= 15 is 0 Å². The number of amides is 1. The molecule has 1 aliphatic heterocycles. The third-order valence-electron chi connectivity index (χ3n) is 3.94. The lowest BCUT2D eigenvalue weighted by atomic mass is 9.95. The van der Waals surface area contributed by atoms with Gasteiger partial charge in [-0.25, -0.2) is 0 Å². The molecule has 0 bridgehead atoms. The van der Waals surface area contributed by atoms with Gasteiger partial charge in [-0.1, -0.05) is 0 Å². The van der Waals surface area contributed by atoms with E-state index in [4.69, 9.17) is 5.73 Å². The molecular formula is C15H32ClN3O. The summed E-state index contributed by atoms with van der Waals surface area (Å²) in [6.07, 6.45) is 3.55. The van der Waals surface area contributed by atoms with Gasteiger partial charge in [-0.2, -0.15) is 0 Å². The maximum Gasteiger partial charge on any atom is 0.237 e. The fourth-order valence-electron chi connectivity index (χ4n) is 3.21. The van der Waals surface area contributed by atoms with Crippen LogP contribution in [0.2, 0.25) is 0 Å². The molecule has 1 unspecified atom stereocenters. The van der Waals surface area contributed by atoms with Crippen LogP contribution < -0.4 is 5.73 Å². The van der Waals surface area contributed by atoms with E-state index in [1.807, 2.05) is 4.90 Å². The first-order valence-corrected chi connectivity index (χ1v) is 7.69. The number of piperidine rings is 1. The van der Waals surface area contributed by atoms with E-state index in [9.17, 15) is 4.79 Å². The second kappa shape index (κ2) is 9.59. The van der Waals surface area contributed by atoms with Gasteiger partial charge in [-0.05, 0) is 66.0 Å². The predicted molar refractivity (Wildman–Crippen MR) is 87.2 cm³/mol. The van der Waals surface area contributed by atoms with Crippen molar-refractivity contribution >= 4 is 18.3 Å². The number of nitrogens with two attached hydrogens (primary N) is 1. The number of likely N-dealkylation sites (tertiary alicyclic amines) is 1. The largest absolute Gasteiger partial charge is 0.337 e. The maximum atomic E-state index is 12.4. The molecule has 0 spiro atoms. The zero-order chi connectivity index (χ0) is 14.4. The van der Waals surface area contributed by atoms with Gasteiger partial charge in [-0.15, -0.1) is 12.4 Å². The smallest absolute Gasteiger partial charge is 0.237 e. The fourth-order valence-corrected chi connectivity index (χ4v) is 3.21. The number of rotatable bonds is 6. The summed E-state index contributed by atoms with van der Waals surface area (Å²) in [7, 11) is 0. The average Bonchev–Trinajstić information content (AvgIpc) is 2.28. The molecule has 1 atom stereocenters. The fraction of sp³-hybridized carbons (Fsp3) is 0.933. The van der Waals surface area contributed by atoms with Crippen LogP contribution in [-0.4, -0.2) is 54.0 Å². The van der Waals surface area contributed by atoms with Crippen molar-refractivity contribution in [3.63, 3.8) is 0 Å². The Morgan fingerprint density at radius 2 is 1.90 bits per heavy atom. The molecule has 0 radical (unpaired) electrons. The van der Waals surface area contributed by atoms with Crippen molar-refractivity contribution in [1.82, 2.24) is 9.80 Å². The van der Waals surface area contributed by atoms with Crippen LogP contribution in [0.25, 0.3) is 0 Å². The molecule has 0 aromatic heterocycles. The molecular weight excluding hydrogens is 274 g/mol. The minimum Gasteiger partial charge on any atom is -0.337 e. The highest BCUT2D eigenvalue weighted by molar-refractivity contribution is 5.85. The molecule has 4 nitrogen and oxygen atoms in total. The minimum atomic E-state index is 0. The second-order valence-corrected chi connectivity index (χ2v) is 6.31. The number of carbonyl (C=O) groups is 1. The van der Waals surface area contributed by atoms with Gasteiger partial charge in [0.25, 0.3) is 0 Å². The summed E-state index contributed by atoms with van der Waals surface area (Å²) in [5, 5.41) is 0. The van der Waals surface area contributed by atoms with E-state index in [1.165, 1.54) is 12.8 Å². The topological polar surface area (TPSA) is 49.6 Å². The number of nitrogens with zero attached hydrogens (tertiary/aromatic N) is 2. The number of halogens is 1. The van der Waals surface area contributed by atoms with E-state index in [0.717, 1.165) is 26.1 Å². The Kier molecular flexibility index (Phi) is 9.43. The highest BCUT2D eigenvalue weighted by Gasteiger charge is 2.25. The van der Waals surface area contributed by atoms with Gasteiger partial charge < -0.3 is 10.6 Å². The molecule has 0 aromatic rings. The summed E-state index contributed by atoms with van der Waals surface area (Å²) in [6, 6.07) is 0.550. The molecule has 0 saturated carbocycles. The third-order valence-corrected chi connectivity index (χ3v) is 3.94. The lowest BCUT2D eigenvalue weighted by molar-refractivity contribution is -0.136. The Morgan fingerprint density at radius 1 is 1.30 bits per heavy atom. The van der Waals surface area contributed by atoms with E-state index in [-0.39, 0.29) is 30.4 Å². The van der Waals surface area contributed by atoms with Crippen LogP contribution in [0.3, 0.4) is 0 Å². The van der Waals surface area contributed by atoms with Crippen LogP contribution in [0.1, 0.15) is 47.0 Å². The van der Waals surface area contributed by atoms with E-state index in [1.54, 1.807) is 0 Å². The van der Waals surface area contributed by atoms with E-state index in [2.05, 4.69) is 32.6 Å². The summed E-state index contributed by atoms with van der Waals surface area (Å²) in [5.74, 6) is 0.941. The van der Waals surface area contributed by atoms with Crippen LogP contribution in [0.5, 0.6) is 0 Å². The standard InChI is InChI=1S/C15H31N3O.ClH/c1-12(2)18(13(3)4)15(19)11-17-9-5-6-14(10-17)7-8-16;/h12-14H,5-11,16H2,1-4H3;1H. The Bertz CT molecular complexity index is 274. The average molecular weight is 306 g/mol. The lowest BCUT2D eigenvalue weighted by Crippen LogP contribution is -2.49. The van der Waals surface area contributed by atoms with Crippen molar-refractivity contribution in [2.75, 3.05) is 26.2 Å². The summed E-state index contributed by atoms with van der Waals surface area (Å²) in [6.45, 7) is 11.8. The Labute approximate surface area is 130 Å². The highest BCUT2D eigenvalue weighted by Crippen LogP contribution is 2.19. The Morgan fingerprint density at radius 3 is 2.40 bits per heavy atom. The summed E-state index contributed by atoms with van der Waals surface area (Å²) >= 11 is 0. The SMILES string of the molecule is CC(C)N(C(=O)CN1CCCC(CCN)C1)C(C)C.Cl. The zero-order valence-corrected chi connectivity index (χ0v) is 14.3. The molecule has 1 saturated heterocycles. The summed E-state index contributed by atoms with van der Waals surface area (Å²) in [5.41, 5.74) is 5.64. The lowest BCUT2D eigenvalue weighted by Gasteiger charge is -2.36. The van der Waals surface area contributed by atoms with Crippen molar-refractivity contribution < 1.29 is 4.79 Å². The predicted octanol–water partition coefficient (Wildman–Crippen LogP) is 2.11. The van der Waals surface area contributed by atoms with Crippen molar-refractivity contribution in [1.29, 1.82) is 0 Å². The molecule has 1 heterocycles. The molecule has 20 heavy (non-hydrogen) atoms. The van der Waals surface area contributed by atoms with Gasteiger partial charge in [-0.3, -0.25) is 9.69 Å². The van der Waals surface area contributed by atoms with Crippen LogP contribution in [0, 0.1) is 5.92 Å². The van der Waals surface area contributed by atoms with Gasteiger partial charge >= 0.3 is 0 Å². The first-order chi connectivity index (χ1) is 8.95. The van der Waals surface area contributed by atoms with Crippen LogP contribution in [-0.2, 0) is 4.79 Å². The van der Waals surface area contributed by atoms with Crippen molar-refractivity contribution in [2.24, 2.45) is 11.7 Å². The molecule has 120 valence electrons. The minimum absolute atomic E-state index is 0. The second-order valence-electron chi connectivity index (χ2n) is 6.31. The number of hydrogen-bond donors (Lipinski definition) is 1. The highest BCUT2D eigenvalue weighted by atomic mass is 35.5. The normalized spacial score (nSPS) is 20.1. The third kappa shape index (κ3) is 5.98. The molecule has 5 heteroatoms. The van der Waals surface area contributed by atoms with Crippen molar-refractivity contribution in [3.8, 4) is 0 Å². The van der Waals surface area contributed by atoms with Crippen LogP contribution in [0.15, 0.2) is 0 Å². The number of carbonyl (C=O) groups excluding carboxylic acids is 1. The van der Waals surface area contributed by atoms with Crippen molar-refractivity contribution in [3.05, 3.63) is 0 Å². The van der Waals surface area contributed by atoms with Gasteiger partial charge in [0.15, 0.2) is 0 Å².